The lowest BCUT2D eigenvalue weighted by molar-refractivity contribution is -0.119. The van der Waals surface area contributed by atoms with Crippen molar-refractivity contribution in [2.24, 2.45) is 0 Å². The van der Waals surface area contributed by atoms with Crippen molar-refractivity contribution in [1.29, 1.82) is 0 Å². The summed E-state index contributed by atoms with van der Waals surface area (Å²) < 4.78 is 0. The van der Waals surface area contributed by atoms with Crippen molar-refractivity contribution in [1.82, 2.24) is 4.90 Å². The Bertz CT molecular complexity index is 836. The lowest BCUT2D eigenvalue weighted by Crippen LogP contribution is -2.36. The Morgan fingerprint density at radius 2 is 1.30 bits per heavy atom. The van der Waals surface area contributed by atoms with Crippen LogP contribution in [0.1, 0.15) is 27.8 Å². The molecule has 0 saturated carbocycles. The number of carbonyl (C=O) groups excluding carboxylic acids is 2. The van der Waals surface area contributed by atoms with Crippen LogP contribution in [0.2, 0.25) is 0 Å². The minimum absolute atomic E-state index is 0.133. The van der Waals surface area contributed by atoms with Crippen molar-refractivity contribution in [3.05, 3.63) is 58.1 Å². The fourth-order valence-electron chi connectivity index (χ4n) is 3.25. The van der Waals surface area contributed by atoms with Gasteiger partial charge in [0.15, 0.2) is 0 Å². The second-order valence-electron chi connectivity index (χ2n) is 7.36. The number of amides is 2. The largest absolute Gasteiger partial charge is 0.325 e. The van der Waals surface area contributed by atoms with E-state index in [4.69, 9.17) is 0 Å². The summed E-state index contributed by atoms with van der Waals surface area (Å²) in [4.78, 5) is 26.3. The molecule has 0 atom stereocenters. The average Bonchev–Trinajstić information content (AvgIpc) is 2.53. The third kappa shape index (κ3) is 5.93. The van der Waals surface area contributed by atoms with E-state index in [2.05, 4.69) is 10.6 Å². The number of likely N-dealkylation sites (N-methyl/N-ethyl adjacent to an activating group) is 1. The number of hydrogen-bond donors (Lipinski definition) is 2. The lowest BCUT2D eigenvalue weighted by atomic mass is 10.1. The molecule has 144 valence electrons. The van der Waals surface area contributed by atoms with Crippen LogP contribution >= 0.6 is 0 Å². The summed E-state index contributed by atoms with van der Waals surface area (Å²) in [5.74, 6) is -0.271. The fourth-order valence-corrected chi connectivity index (χ4v) is 3.25. The van der Waals surface area contributed by atoms with Gasteiger partial charge >= 0.3 is 0 Å². The summed E-state index contributed by atoms with van der Waals surface area (Å²) in [6.45, 7) is 10.3. The normalized spacial score (nSPS) is 10.8. The Morgan fingerprint density at radius 3 is 1.85 bits per heavy atom. The van der Waals surface area contributed by atoms with E-state index < -0.39 is 0 Å². The predicted octanol–water partition coefficient (Wildman–Crippen LogP) is 3.74. The van der Waals surface area contributed by atoms with Crippen molar-refractivity contribution in [3.63, 3.8) is 0 Å². The summed E-state index contributed by atoms with van der Waals surface area (Å²) >= 11 is 0. The summed E-state index contributed by atoms with van der Waals surface area (Å²) in [7, 11) is 1.76. The number of carbonyl (C=O) groups is 2. The topological polar surface area (TPSA) is 61.4 Å². The van der Waals surface area contributed by atoms with Crippen molar-refractivity contribution in [2.45, 2.75) is 34.6 Å². The van der Waals surface area contributed by atoms with Crippen LogP contribution in [0.5, 0.6) is 0 Å². The first kappa shape index (κ1) is 20.6. The van der Waals surface area contributed by atoms with E-state index in [0.29, 0.717) is 0 Å². The van der Waals surface area contributed by atoms with Crippen LogP contribution in [-0.4, -0.2) is 36.9 Å². The molecule has 0 aromatic heterocycles. The minimum Gasteiger partial charge on any atom is -0.325 e. The zero-order chi connectivity index (χ0) is 20.1. The van der Waals surface area contributed by atoms with Gasteiger partial charge in [-0.25, -0.2) is 0 Å². The molecular formula is C22H29N3O2. The molecule has 0 unspecified atom stereocenters. The van der Waals surface area contributed by atoms with Gasteiger partial charge in [-0.15, -0.1) is 0 Å². The highest BCUT2D eigenvalue weighted by Gasteiger charge is 2.13. The first-order valence-corrected chi connectivity index (χ1v) is 9.09. The SMILES string of the molecule is Cc1ccc(NC(=O)CN(C)CC(=O)Nc2c(C)cc(C)cc2C)c(C)c1. The van der Waals surface area contributed by atoms with E-state index >= 15 is 0 Å². The Kier molecular flexibility index (Phi) is 6.75. The highest BCUT2D eigenvalue weighted by atomic mass is 16.2. The maximum absolute atomic E-state index is 12.4. The fraction of sp³-hybridized carbons (Fsp3) is 0.364. The molecule has 0 aliphatic carbocycles. The molecule has 0 radical (unpaired) electrons. The molecule has 27 heavy (non-hydrogen) atoms. The van der Waals surface area contributed by atoms with E-state index in [-0.39, 0.29) is 24.9 Å². The lowest BCUT2D eigenvalue weighted by Gasteiger charge is -2.18. The highest BCUT2D eigenvalue weighted by molar-refractivity contribution is 5.95. The van der Waals surface area contributed by atoms with E-state index in [1.165, 1.54) is 5.56 Å². The first-order chi connectivity index (χ1) is 12.7. The molecule has 0 spiro atoms. The maximum atomic E-state index is 12.4. The molecule has 2 amide bonds. The molecule has 0 aliphatic heterocycles. The number of nitrogens with zero attached hydrogens (tertiary/aromatic N) is 1. The molecule has 2 aromatic carbocycles. The highest BCUT2D eigenvalue weighted by Crippen LogP contribution is 2.21. The average molecular weight is 367 g/mol. The molecule has 2 N–H and O–H groups in total. The molecule has 0 heterocycles. The van der Waals surface area contributed by atoms with Crippen LogP contribution < -0.4 is 10.6 Å². The van der Waals surface area contributed by atoms with Gasteiger partial charge in [-0.3, -0.25) is 14.5 Å². The maximum Gasteiger partial charge on any atom is 0.238 e. The van der Waals surface area contributed by atoms with E-state index in [1.807, 2.05) is 65.0 Å². The number of hydrogen-bond acceptors (Lipinski definition) is 3. The van der Waals surface area contributed by atoms with Crippen molar-refractivity contribution in [3.8, 4) is 0 Å². The van der Waals surface area contributed by atoms with Crippen LogP contribution in [0, 0.1) is 34.6 Å². The monoisotopic (exact) mass is 367 g/mol. The zero-order valence-electron chi connectivity index (χ0n) is 17.1. The molecule has 2 rings (SSSR count). The van der Waals surface area contributed by atoms with Crippen LogP contribution in [0.15, 0.2) is 30.3 Å². The van der Waals surface area contributed by atoms with E-state index in [0.717, 1.165) is 33.6 Å². The van der Waals surface area contributed by atoms with Crippen molar-refractivity contribution in [2.75, 3.05) is 30.8 Å². The Morgan fingerprint density at radius 1 is 0.778 bits per heavy atom. The third-order valence-electron chi connectivity index (χ3n) is 4.42. The molecule has 5 nitrogen and oxygen atoms in total. The van der Waals surface area contributed by atoms with Crippen LogP contribution in [0.4, 0.5) is 11.4 Å². The Labute approximate surface area is 161 Å². The van der Waals surface area contributed by atoms with Gasteiger partial charge in [-0.1, -0.05) is 35.4 Å². The summed E-state index contributed by atoms with van der Waals surface area (Å²) in [5.41, 5.74) is 7.07. The summed E-state index contributed by atoms with van der Waals surface area (Å²) in [6, 6.07) is 9.98. The van der Waals surface area contributed by atoms with E-state index in [9.17, 15) is 9.59 Å². The van der Waals surface area contributed by atoms with Crippen molar-refractivity contribution >= 4 is 23.2 Å². The smallest absolute Gasteiger partial charge is 0.238 e. The van der Waals surface area contributed by atoms with Crippen molar-refractivity contribution < 1.29 is 9.59 Å². The summed E-state index contributed by atoms with van der Waals surface area (Å²) in [5, 5.41) is 5.87. The third-order valence-corrected chi connectivity index (χ3v) is 4.42. The molecule has 2 aromatic rings. The second-order valence-corrected chi connectivity index (χ2v) is 7.36. The number of rotatable bonds is 6. The Hall–Kier alpha value is -2.66. The second kappa shape index (κ2) is 8.82. The molecule has 0 aliphatic rings. The quantitative estimate of drug-likeness (QED) is 0.818. The predicted molar refractivity (Wildman–Crippen MR) is 111 cm³/mol. The summed E-state index contributed by atoms with van der Waals surface area (Å²) in [6.07, 6.45) is 0. The van der Waals surface area contributed by atoms with Gasteiger partial charge in [-0.2, -0.15) is 0 Å². The van der Waals surface area contributed by atoms with E-state index in [1.54, 1.807) is 11.9 Å². The van der Waals surface area contributed by atoms with Gasteiger partial charge in [0.1, 0.15) is 0 Å². The van der Waals surface area contributed by atoms with Crippen LogP contribution in [0.25, 0.3) is 0 Å². The van der Waals surface area contributed by atoms with Gasteiger partial charge in [0, 0.05) is 11.4 Å². The number of anilines is 2. The minimum atomic E-state index is -0.139. The Balaban J connectivity index is 1.90. The molecule has 0 saturated heterocycles. The van der Waals surface area contributed by atoms with Gasteiger partial charge in [0.25, 0.3) is 0 Å². The molecule has 5 heteroatoms. The number of benzene rings is 2. The van der Waals surface area contributed by atoms with Crippen LogP contribution in [0.3, 0.4) is 0 Å². The first-order valence-electron chi connectivity index (χ1n) is 9.09. The zero-order valence-corrected chi connectivity index (χ0v) is 17.1. The molecular weight excluding hydrogens is 338 g/mol. The number of aryl methyl sites for hydroxylation is 5. The van der Waals surface area contributed by atoms with Gasteiger partial charge in [0.2, 0.25) is 11.8 Å². The molecule has 0 fully saturated rings. The van der Waals surface area contributed by atoms with Gasteiger partial charge in [0.05, 0.1) is 13.1 Å². The molecule has 0 bridgehead atoms. The van der Waals surface area contributed by atoms with Gasteiger partial charge in [-0.05, 0) is 64.4 Å². The van der Waals surface area contributed by atoms with Gasteiger partial charge < -0.3 is 10.6 Å². The van der Waals surface area contributed by atoms with Crippen LogP contribution in [-0.2, 0) is 9.59 Å². The standard InChI is InChI=1S/C22H29N3O2/c1-14-7-8-19(16(3)9-14)23-20(26)12-25(6)13-21(27)24-22-17(4)10-15(2)11-18(22)5/h7-11H,12-13H2,1-6H3,(H,23,26)(H,24,27). The number of nitrogens with one attached hydrogen (secondary N) is 2.